The van der Waals surface area contributed by atoms with Crippen molar-refractivity contribution >= 4 is 17.7 Å². The van der Waals surface area contributed by atoms with E-state index >= 15 is 0 Å². The first-order valence-electron chi connectivity index (χ1n) is 9.74. The van der Waals surface area contributed by atoms with Crippen LogP contribution in [0.15, 0.2) is 24.3 Å². The summed E-state index contributed by atoms with van der Waals surface area (Å²) in [5.41, 5.74) is 0.863. The van der Waals surface area contributed by atoms with E-state index < -0.39 is 5.60 Å². The number of carbonyl (C=O) groups excluding carboxylic acids is 1. The Balaban J connectivity index is 1.68. The van der Waals surface area contributed by atoms with E-state index in [1.54, 1.807) is 0 Å². The summed E-state index contributed by atoms with van der Waals surface area (Å²) in [6.45, 7) is 10.5. The van der Waals surface area contributed by atoms with Crippen molar-refractivity contribution in [3.05, 3.63) is 34.9 Å². The average Bonchev–Trinajstić information content (AvgIpc) is 2.58. The topological polar surface area (TPSA) is 32.8 Å². The van der Waals surface area contributed by atoms with Crippen LogP contribution in [-0.4, -0.2) is 53.2 Å². The van der Waals surface area contributed by atoms with E-state index in [0.29, 0.717) is 18.0 Å². The fourth-order valence-electron chi connectivity index (χ4n) is 4.33. The number of amides is 1. The first kappa shape index (κ1) is 19.5. The highest BCUT2D eigenvalue weighted by molar-refractivity contribution is 6.30. The minimum absolute atomic E-state index is 0.179. The van der Waals surface area contributed by atoms with E-state index in [1.807, 2.05) is 37.8 Å². The van der Waals surface area contributed by atoms with Gasteiger partial charge in [0.25, 0.3) is 0 Å². The average molecular weight is 379 g/mol. The van der Waals surface area contributed by atoms with Crippen LogP contribution < -0.4 is 0 Å². The molecule has 2 fully saturated rings. The molecule has 3 atom stereocenters. The number of benzene rings is 1. The summed E-state index contributed by atoms with van der Waals surface area (Å²) in [5, 5.41) is 0.802. The second kappa shape index (κ2) is 7.77. The van der Waals surface area contributed by atoms with E-state index in [-0.39, 0.29) is 6.09 Å². The minimum Gasteiger partial charge on any atom is -0.444 e. The van der Waals surface area contributed by atoms with Crippen LogP contribution in [0.25, 0.3) is 0 Å². The highest BCUT2D eigenvalue weighted by Crippen LogP contribution is 2.35. The molecule has 5 heteroatoms. The van der Waals surface area contributed by atoms with E-state index in [0.717, 1.165) is 31.1 Å². The van der Waals surface area contributed by atoms with Crippen molar-refractivity contribution in [2.75, 3.05) is 19.6 Å². The lowest BCUT2D eigenvalue weighted by Crippen LogP contribution is -2.60. The molecule has 2 saturated heterocycles. The van der Waals surface area contributed by atoms with E-state index in [4.69, 9.17) is 16.3 Å². The van der Waals surface area contributed by atoms with Crippen LogP contribution in [0.5, 0.6) is 0 Å². The molecule has 144 valence electrons. The molecular formula is C21H31ClN2O2. The Bertz CT molecular complexity index is 643. The molecule has 0 bridgehead atoms. The fraction of sp³-hybridized carbons (Fsp3) is 0.667. The number of rotatable bonds is 2. The number of carbonyl (C=O) groups is 1. The van der Waals surface area contributed by atoms with Gasteiger partial charge in [0.05, 0.1) is 0 Å². The van der Waals surface area contributed by atoms with Crippen molar-refractivity contribution in [3.8, 4) is 0 Å². The van der Waals surface area contributed by atoms with Gasteiger partial charge in [-0.05, 0) is 57.2 Å². The maximum atomic E-state index is 12.4. The molecule has 0 saturated carbocycles. The highest BCUT2D eigenvalue weighted by atomic mass is 35.5. The van der Waals surface area contributed by atoms with E-state index in [9.17, 15) is 4.79 Å². The van der Waals surface area contributed by atoms with Gasteiger partial charge >= 0.3 is 6.09 Å². The third-order valence-electron chi connectivity index (χ3n) is 5.59. The van der Waals surface area contributed by atoms with Crippen LogP contribution in [0.2, 0.25) is 5.02 Å². The van der Waals surface area contributed by atoms with Crippen molar-refractivity contribution in [3.63, 3.8) is 0 Å². The molecule has 0 aromatic heterocycles. The first-order valence-corrected chi connectivity index (χ1v) is 10.1. The third-order valence-corrected chi connectivity index (χ3v) is 5.83. The summed E-state index contributed by atoms with van der Waals surface area (Å²) in [7, 11) is 0. The molecule has 0 aliphatic carbocycles. The molecule has 1 unspecified atom stereocenters. The normalized spacial score (nSPS) is 25.5. The van der Waals surface area contributed by atoms with Gasteiger partial charge in [-0.3, -0.25) is 4.90 Å². The van der Waals surface area contributed by atoms with E-state index in [2.05, 4.69) is 24.0 Å². The lowest BCUT2D eigenvalue weighted by atomic mass is 9.83. The summed E-state index contributed by atoms with van der Waals surface area (Å²) in [4.78, 5) is 16.9. The molecule has 1 aromatic rings. The maximum absolute atomic E-state index is 12.4. The van der Waals surface area contributed by atoms with Crippen molar-refractivity contribution in [1.29, 1.82) is 0 Å². The Kier molecular flexibility index (Phi) is 5.83. The number of piperidine rings is 1. The van der Waals surface area contributed by atoms with Gasteiger partial charge in [0, 0.05) is 36.7 Å². The maximum Gasteiger partial charge on any atom is 0.410 e. The number of nitrogens with zero attached hydrogens (tertiary/aromatic N) is 2. The molecule has 2 aliphatic rings. The zero-order valence-corrected chi connectivity index (χ0v) is 17.1. The summed E-state index contributed by atoms with van der Waals surface area (Å²) in [6.07, 6.45) is 3.38. The number of hydrogen-bond donors (Lipinski definition) is 0. The Hall–Kier alpha value is -1.26. The second-order valence-electron chi connectivity index (χ2n) is 8.66. The molecule has 2 heterocycles. The molecule has 1 amide bonds. The Morgan fingerprint density at radius 3 is 2.73 bits per heavy atom. The molecule has 4 nitrogen and oxygen atoms in total. The highest BCUT2D eigenvalue weighted by Gasteiger charge is 2.39. The van der Waals surface area contributed by atoms with Crippen molar-refractivity contribution in [1.82, 2.24) is 9.80 Å². The standard InChI is InChI=1S/C21H31ClN2O2/c1-15(16-7-5-8-17(22)13-16)19-10-6-9-18-14-23(11-12-24(18)19)20(25)26-21(2,3)4/h5,7-8,13,15,18-19H,6,9-12,14H2,1-4H3/t15?,18-,19+/m0/s1. The lowest BCUT2D eigenvalue weighted by molar-refractivity contribution is -0.0205. The van der Waals surface area contributed by atoms with Crippen LogP contribution in [0.3, 0.4) is 0 Å². The molecule has 1 aromatic carbocycles. The number of hydrogen-bond acceptors (Lipinski definition) is 3. The predicted octanol–water partition coefficient (Wildman–Crippen LogP) is 4.92. The van der Waals surface area contributed by atoms with Gasteiger partial charge in [-0.15, -0.1) is 0 Å². The Morgan fingerprint density at radius 1 is 1.27 bits per heavy atom. The molecule has 26 heavy (non-hydrogen) atoms. The monoisotopic (exact) mass is 378 g/mol. The number of ether oxygens (including phenoxy) is 1. The molecule has 0 spiro atoms. The van der Waals surface area contributed by atoms with E-state index in [1.165, 1.54) is 18.4 Å². The van der Waals surface area contributed by atoms with Gasteiger partial charge < -0.3 is 9.64 Å². The van der Waals surface area contributed by atoms with Gasteiger partial charge in [0.1, 0.15) is 5.60 Å². The Labute approximate surface area is 162 Å². The van der Waals surface area contributed by atoms with Gasteiger partial charge in [-0.1, -0.05) is 37.1 Å². The summed E-state index contributed by atoms with van der Waals surface area (Å²) < 4.78 is 5.57. The van der Waals surface area contributed by atoms with Gasteiger partial charge in [0.15, 0.2) is 0 Å². The van der Waals surface area contributed by atoms with Crippen LogP contribution in [0.4, 0.5) is 4.79 Å². The summed E-state index contributed by atoms with van der Waals surface area (Å²) in [5.74, 6) is 0.435. The SMILES string of the molecule is CC(c1cccc(Cl)c1)[C@H]1CCC[C@H]2CN(C(=O)OC(C)(C)C)CCN21. The zero-order chi connectivity index (χ0) is 18.9. The molecule has 3 rings (SSSR count). The fourth-order valence-corrected chi connectivity index (χ4v) is 4.53. The minimum atomic E-state index is -0.440. The molecular weight excluding hydrogens is 348 g/mol. The van der Waals surface area contributed by atoms with Crippen molar-refractivity contribution < 1.29 is 9.53 Å². The van der Waals surface area contributed by atoms with Crippen LogP contribution >= 0.6 is 11.6 Å². The van der Waals surface area contributed by atoms with Crippen LogP contribution in [-0.2, 0) is 4.74 Å². The lowest BCUT2D eigenvalue weighted by Gasteiger charge is -2.50. The van der Waals surface area contributed by atoms with Crippen LogP contribution in [0.1, 0.15) is 58.4 Å². The summed E-state index contributed by atoms with van der Waals surface area (Å²) in [6, 6.07) is 9.17. The predicted molar refractivity (Wildman–Crippen MR) is 106 cm³/mol. The van der Waals surface area contributed by atoms with Crippen LogP contribution in [0, 0.1) is 0 Å². The molecule has 2 aliphatic heterocycles. The van der Waals surface area contributed by atoms with Crippen molar-refractivity contribution in [2.45, 2.75) is 70.6 Å². The van der Waals surface area contributed by atoms with Gasteiger partial charge in [-0.2, -0.15) is 0 Å². The third kappa shape index (κ3) is 4.52. The van der Waals surface area contributed by atoms with Gasteiger partial charge in [-0.25, -0.2) is 4.79 Å². The number of halogens is 1. The summed E-state index contributed by atoms with van der Waals surface area (Å²) >= 11 is 6.20. The quantitative estimate of drug-likeness (QED) is 0.732. The number of fused-ring (bicyclic) bond motifs is 1. The Morgan fingerprint density at radius 2 is 2.04 bits per heavy atom. The molecule has 0 radical (unpaired) electrons. The van der Waals surface area contributed by atoms with Crippen molar-refractivity contribution in [2.24, 2.45) is 0 Å². The smallest absolute Gasteiger partial charge is 0.410 e. The second-order valence-corrected chi connectivity index (χ2v) is 9.10. The molecule has 0 N–H and O–H groups in total. The number of piperazine rings is 1. The largest absolute Gasteiger partial charge is 0.444 e. The first-order chi connectivity index (χ1) is 12.2. The van der Waals surface area contributed by atoms with Gasteiger partial charge in [0.2, 0.25) is 0 Å². The zero-order valence-electron chi connectivity index (χ0n) is 16.4.